The quantitative estimate of drug-likeness (QED) is 0.804. The van der Waals surface area contributed by atoms with E-state index in [1.54, 1.807) is 0 Å². The van der Waals surface area contributed by atoms with Gasteiger partial charge in [-0.25, -0.2) is 0 Å². The molecule has 3 rings (SSSR count). The van der Waals surface area contributed by atoms with Crippen molar-refractivity contribution in [2.75, 3.05) is 5.32 Å². The highest BCUT2D eigenvalue weighted by atomic mass is 14.9. The van der Waals surface area contributed by atoms with E-state index in [9.17, 15) is 0 Å². The molecule has 2 aromatic carbocycles. The van der Waals surface area contributed by atoms with Gasteiger partial charge in [-0.1, -0.05) is 54.6 Å². The fourth-order valence-corrected chi connectivity index (χ4v) is 2.28. The zero-order valence-electron chi connectivity index (χ0n) is 10.8. The summed E-state index contributed by atoms with van der Waals surface area (Å²) in [5.41, 5.74) is 4.82. The Balaban J connectivity index is 1.84. The van der Waals surface area contributed by atoms with Crippen molar-refractivity contribution >= 4 is 5.69 Å². The molecule has 0 unspecified atom stereocenters. The summed E-state index contributed by atoms with van der Waals surface area (Å²) in [6.45, 7) is 0. The molecule has 0 radical (unpaired) electrons. The topological polar surface area (TPSA) is 12.0 Å². The Kier molecular flexibility index (Phi) is 3.46. The summed E-state index contributed by atoms with van der Waals surface area (Å²) < 4.78 is 0. The van der Waals surface area contributed by atoms with E-state index in [2.05, 4.69) is 72.1 Å². The van der Waals surface area contributed by atoms with Gasteiger partial charge in [0.15, 0.2) is 0 Å². The van der Waals surface area contributed by atoms with Crippen LogP contribution >= 0.6 is 0 Å². The van der Waals surface area contributed by atoms with E-state index in [-0.39, 0.29) is 0 Å². The Bertz CT molecular complexity index is 609. The Morgan fingerprint density at radius 1 is 0.789 bits per heavy atom. The van der Waals surface area contributed by atoms with E-state index in [4.69, 9.17) is 0 Å². The lowest BCUT2D eigenvalue weighted by Crippen LogP contribution is -1.99. The van der Waals surface area contributed by atoms with Gasteiger partial charge in [-0.15, -0.1) is 0 Å². The van der Waals surface area contributed by atoms with E-state index in [1.807, 2.05) is 6.07 Å². The van der Waals surface area contributed by atoms with Gasteiger partial charge in [0.2, 0.25) is 0 Å². The first-order chi connectivity index (χ1) is 9.42. The number of hydrogen-bond donors (Lipinski definition) is 1. The van der Waals surface area contributed by atoms with Gasteiger partial charge in [-0.2, -0.15) is 0 Å². The molecule has 1 aliphatic rings. The molecule has 1 N–H and O–H groups in total. The Labute approximate surface area is 114 Å². The van der Waals surface area contributed by atoms with Gasteiger partial charge in [0.25, 0.3) is 0 Å². The zero-order chi connectivity index (χ0) is 12.9. The van der Waals surface area contributed by atoms with Gasteiger partial charge < -0.3 is 5.32 Å². The third kappa shape index (κ3) is 2.94. The average molecular weight is 247 g/mol. The summed E-state index contributed by atoms with van der Waals surface area (Å²) >= 11 is 0. The van der Waals surface area contributed by atoms with Crippen LogP contribution in [0.4, 0.5) is 5.69 Å². The van der Waals surface area contributed by atoms with Crippen LogP contribution in [-0.2, 0) is 0 Å². The van der Waals surface area contributed by atoms with Crippen molar-refractivity contribution < 1.29 is 0 Å². The highest BCUT2D eigenvalue weighted by Crippen LogP contribution is 2.23. The molecule has 0 aromatic heterocycles. The van der Waals surface area contributed by atoms with Crippen LogP contribution < -0.4 is 5.32 Å². The van der Waals surface area contributed by atoms with E-state index < -0.39 is 0 Å². The Morgan fingerprint density at radius 2 is 1.63 bits per heavy atom. The summed E-state index contributed by atoms with van der Waals surface area (Å²) in [5.74, 6) is 0. The van der Waals surface area contributed by atoms with Gasteiger partial charge in [-0.3, -0.25) is 0 Å². The normalized spacial score (nSPS) is 14.0. The van der Waals surface area contributed by atoms with Crippen molar-refractivity contribution in [3.05, 3.63) is 78.5 Å². The molecule has 0 amide bonds. The van der Waals surface area contributed by atoms with E-state index >= 15 is 0 Å². The third-order valence-corrected chi connectivity index (χ3v) is 3.25. The second kappa shape index (κ2) is 5.57. The molecule has 2 aromatic rings. The van der Waals surface area contributed by atoms with Crippen molar-refractivity contribution in [2.45, 2.75) is 12.8 Å². The summed E-state index contributed by atoms with van der Waals surface area (Å²) in [5, 5.41) is 3.47. The average Bonchev–Trinajstić information content (AvgIpc) is 2.49. The summed E-state index contributed by atoms with van der Waals surface area (Å²) in [7, 11) is 0. The molecular weight excluding hydrogens is 230 g/mol. The number of hydrogen-bond acceptors (Lipinski definition) is 1. The maximum absolute atomic E-state index is 3.47. The van der Waals surface area contributed by atoms with Crippen LogP contribution in [0, 0.1) is 0 Å². The van der Waals surface area contributed by atoms with Gasteiger partial charge >= 0.3 is 0 Å². The molecule has 94 valence electrons. The molecule has 1 aliphatic carbocycles. The number of allylic oxidation sites excluding steroid dienone is 3. The molecule has 0 spiro atoms. The molecule has 0 heterocycles. The molecule has 1 nitrogen and oxygen atoms in total. The molecular formula is C18H17N. The Hall–Kier alpha value is -2.28. The zero-order valence-corrected chi connectivity index (χ0v) is 10.8. The smallest absolute Gasteiger partial charge is 0.0390 e. The predicted octanol–water partition coefficient (Wildman–Crippen LogP) is 5.00. The second-order valence-corrected chi connectivity index (χ2v) is 4.71. The summed E-state index contributed by atoms with van der Waals surface area (Å²) in [6.07, 6.45) is 8.88. The van der Waals surface area contributed by atoms with Crippen molar-refractivity contribution in [1.82, 2.24) is 0 Å². The maximum Gasteiger partial charge on any atom is 0.0390 e. The maximum atomic E-state index is 3.47. The lowest BCUT2D eigenvalue weighted by molar-refractivity contribution is 1.02. The largest absolute Gasteiger partial charge is 0.356 e. The van der Waals surface area contributed by atoms with Crippen LogP contribution in [0.3, 0.4) is 0 Å². The molecule has 0 bridgehead atoms. The lowest BCUT2D eigenvalue weighted by atomic mass is 10.1. The minimum Gasteiger partial charge on any atom is -0.356 e. The van der Waals surface area contributed by atoms with Crippen LogP contribution in [-0.4, -0.2) is 0 Å². The first kappa shape index (κ1) is 11.8. The van der Waals surface area contributed by atoms with Crippen molar-refractivity contribution in [3.8, 4) is 11.1 Å². The minimum absolute atomic E-state index is 1.12. The highest BCUT2D eigenvalue weighted by Gasteiger charge is 2.01. The van der Waals surface area contributed by atoms with Gasteiger partial charge in [-0.05, 0) is 42.2 Å². The van der Waals surface area contributed by atoms with Gasteiger partial charge in [0, 0.05) is 11.4 Å². The minimum atomic E-state index is 1.12. The van der Waals surface area contributed by atoms with E-state index in [0.29, 0.717) is 0 Å². The fourth-order valence-electron chi connectivity index (χ4n) is 2.28. The molecule has 0 saturated heterocycles. The third-order valence-electron chi connectivity index (χ3n) is 3.25. The number of nitrogens with one attached hydrogen (secondary N) is 1. The highest BCUT2D eigenvalue weighted by molar-refractivity contribution is 5.69. The van der Waals surface area contributed by atoms with Crippen LogP contribution in [0.25, 0.3) is 11.1 Å². The first-order valence-electron chi connectivity index (χ1n) is 6.71. The van der Waals surface area contributed by atoms with Gasteiger partial charge in [0.1, 0.15) is 0 Å². The van der Waals surface area contributed by atoms with Crippen LogP contribution in [0.2, 0.25) is 0 Å². The second-order valence-electron chi connectivity index (χ2n) is 4.71. The molecule has 0 saturated carbocycles. The van der Waals surface area contributed by atoms with Crippen molar-refractivity contribution in [2.24, 2.45) is 0 Å². The molecule has 0 atom stereocenters. The first-order valence-corrected chi connectivity index (χ1v) is 6.71. The molecule has 0 aliphatic heterocycles. The van der Waals surface area contributed by atoms with Crippen molar-refractivity contribution in [1.29, 1.82) is 0 Å². The van der Waals surface area contributed by atoms with Crippen LogP contribution in [0.5, 0.6) is 0 Å². The lowest BCUT2D eigenvalue weighted by Gasteiger charge is -2.11. The van der Waals surface area contributed by atoms with Crippen LogP contribution in [0.15, 0.2) is 78.5 Å². The number of benzene rings is 2. The van der Waals surface area contributed by atoms with Gasteiger partial charge in [0.05, 0.1) is 0 Å². The van der Waals surface area contributed by atoms with E-state index in [0.717, 1.165) is 18.5 Å². The number of rotatable bonds is 3. The van der Waals surface area contributed by atoms with Crippen LogP contribution in [0.1, 0.15) is 12.8 Å². The molecule has 0 fully saturated rings. The summed E-state index contributed by atoms with van der Waals surface area (Å²) in [6, 6.07) is 19.0. The standard InChI is InChI=1S/C18H17N/c1-3-8-15(9-4-1)16-10-7-13-18(14-16)19-17-11-5-2-6-12-17/h1,3-5,7-14,19H,2,6H2. The fraction of sp³-hybridized carbons (Fsp3) is 0.111. The molecule has 19 heavy (non-hydrogen) atoms. The Morgan fingerprint density at radius 3 is 2.42 bits per heavy atom. The number of anilines is 1. The predicted molar refractivity (Wildman–Crippen MR) is 82.0 cm³/mol. The van der Waals surface area contributed by atoms with E-state index in [1.165, 1.54) is 16.8 Å². The van der Waals surface area contributed by atoms with Crippen molar-refractivity contribution in [3.63, 3.8) is 0 Å². The monoisotopic (exact) mass is 247 g/mol. The molecule has 1 heteroatoms. The summed E-state index contributed by atoms with van der Waals surface area (Å²) in [4.78, 5) is 0. The SMILES string of the molecule is C1=CC(Nc2cccc(-c3ccccc3)c2)=CCC1.